The summed E-state index contributed by atoms with van der Waals surface area (Å²) in [6, 6.07) is 8.31. The Bertz CT molecular complexity index is 1090. The second-order valence-corrected chi connectivity index (χ2v) is 8.61. The molecule has 3 aromatic rings. The molecule has 7 nitrogen and oxygen atoms in total. The fourth-order valence-electron chi connectivity index (χ4n) is 3.47. The van der Waals surface area contributed by atoms with E-state index < -0.39 is 4.92 Å². The SMILES string of the molecule is CCN(CC)CCN(C(=O)c1cccc([N+](=O)[O-])c1C)c1nc2c(C)ccc(Cl)c2s1. The van der Waals surface area contributed by atoms with E-state index >= 15 is 0 Å². The quantitative estimate of drug-likeness (QED) is 0.329. The van der Waals surface area contributed by atoms with E-state index in [-0.39, 0.29) is 11.6 Å². The number of fused-ring (bicyclic) bond motifs is 1. The molecule has 164 valence electrons. The first-order valence-corrected chi connectivity index (χ1v) is 11.3. The zero-order valence-electron chi connectivity index (χ0n) is 18.0. The summed E-state index contributed by atoms with van der Waals surface area (Å²) in [6.07, 6.45) is 0. The average molecular weight is 461 g/mol. The molecule has 1 aromatic heterocycles. The molecule has 1 heterocycles. The Morgan fingerprint density at radius 2 is 1.87 bits per heavy atom. The lowest BCUT2D eigenvalue weighted by atomic mass is 10.1. The molecule has 31 heavy (non-hydrogen) atoms. The van der Waals surface area contributed by atoms with E-state index in [9.17, 15) is 14.9 Å². The first kappa shape index (κ1) is 23.1. The Morgan fingerprint density at radius 1 is 1.16 bits per heavy atom. The molecule has 0 bridgehead atoms. The number of nitro benzene ring substituents is 1. The first-order valence-electron chi connectivity index (χ1n) is 10.1. The van der Waals surface area contributed by atoms with Crippen LogP contribution in [0.5, 0.6) is 0 Å². The highest BCUT2D eigenvalue weighted by Crippen LogP contribution is 2.36. The van der Waals surface area contributed by atoms with Crippen LogP contribution in [0.4, 0.5) is 10.8 Å². The number of carbonyl (C=O) groups excluding carboxylic acids is 1. The van der Waals surface area contributed by atoms with Crippen LogP contribution in [0.15, 0.2) is 30.3 Å². The monoisotopic (exact) mass is 460 g/mol. The molecule has 2 aromatic carbocycles. The van der Waals surface area contributed by atoms with Crippen molar-refractivity contribution in [3.05, 3.63) is 62.2 Å². The smallest absolute Gasteiger partial charge is 0.273 e. The molecule has 0 saturated heterocycles. The maximum atomic E-state index is 13.6. The molecule has 0 aliphatic carbocycles. The third-order valence-corrected chi connectivity index (χ3v) is 6.97. The van der Waals surface area contributed by atoms with Crippen molar-refractivity contribution in [1.29, 1.82) is 0 Å². The minimum atomic E-state index is -0.465. The molecular formula is C22H25ClN4O3S. The molecule has 0 radical (unpaired) electrons. The van der Waals surface area contributed by atoms with Crippen LogP contribution in [-0.4, -0.2) is 46.9 Å². The van der Waals surface area contributed by atoms with Crippen molar-refractivity contribution in [2.45, 2.75) is 27.7 Å². The van der Waals surface area contributed by atoms with Crippen LogP contribution in [0.25, 0.3) is 10.2 Å². The average Bonchev–Trinajstić information content (AvgIpc) is 3.20. The van der Waals surface area contributed by atoms with E-state index in [0.29, 0.717) is 34.4 Å². The van der Waals surface area contributed by atoms with Crippen molar-refractivity contribution in [3.8, 4) is 0 Å². The lowest BCUT2D eigenvalue weighted by molar-refractivity contribution is -0.385. The van der Waals surface area contributed by atoms with Gasteiger partial charge < -0.3 is 4.90 Å². The Kier molecular flexibility index (Phi) is 7.25. The Labute approximate surface area is 190 Å². The van der Waals surface area contributed by atoms with Crippen molar-refractivity contribution in [2.24, 2.45) is 0 Å². The van der Waals surface area contributed by atoms with Crippen molar-refractivity contribution < 1.29 is 9.72 Å². The molecule has 0 spiro atoms. The number of nitrogens with zero attached hydrogens (tertiary/aromatic N) is 4. The number of amides is 1. The number of carbonyl (C=O) groups is 1. The standard InChI is InChI=1S/C22H25ClN4O3S/c1-5-25(6-2)12-13-26(21(28)16-8-7-9-18(15(16)4)27(29)30)22-24-19-14(3)10-11-17(23)20(19)31-22/h7-11H,5-6,12-13H2,1-4H3. The third-order valence-electron chi connectivity index (χ3n) is 5.43. The summed E-state index contributed by atoms with van der Waals surface area (Å²) in [5.74, 6) is -0.304. The van der Waals surface area contributed by atoms with Crippen molar-refractivity contribution in [3.63, 3.8) is 0 Å². The number of benzene rings is 2. The van der Waals surface area contributed by atoms with Gasteiger partial charge in [0.25, 0.3) is 11.6 Å². The number of halogens is 1. The van der Waals surface area contributed by atoms with Crippen LogP contribution < -0.4 is 4.90 Å². The van der Waals surface area contributed by atoms with E-state index in [1.54, 1.807) is 24.0 Å². The maximum absolute atomic E-state index is 13.6. The number of aryl methyl sites for hydroxylation is 1. The van der Waals surface area contributed by atoms with Gasteiger partial charge in [-0.05, 0) is 44.6 Å². The molecule has 0 aliphatic heterocycles. The molecule has 9 heteroatoms. The van der Waals surface area contributed by atoms with Crippen molar-refractivity contribution >= 4 is 49.9 Å². The van der Waals surface area contributed by atoms with Crippen LogP contribution in [0.3, 0.4) is 0 Å². The fraction of sp³-hybridized carbons (Fsp3) is 0.364. The van der Waals surface area contributed by atoms with Gasteiger partial charge in [0.2, 0.25) is 0 Å². The summed E-state index contributed by atoms with van der Waals surface area (Å²) < 4.78 is 0.827. The zero-order valence-corrected chi connectivity index (χ0v) is 19.6. The minimum absolute atomic E-state index is 0.0715. The topological polar surface area (TPSA) is 79.6 Å². The van der Waals surface area contributed by atoms with E-state index in [1.165, 1.54) is 17.4 Å². The first-order chi connectivity index (χ1) is 14.8. The number of thiazole rings is 1. The summed E-state index contributed by atoms with van der Waals surface area (Å²) in [6.45, 7) is 10.5. The number of likely N-dealkylation sites (N-methyl/N-ethyl adjacent to an activating group) is 1. The van der Waals surface area contributed by atoms with E-state index in [0.717, 1.165) is 28.9 Å². The summed E-state index contributed by atoms with van der Waals surface area (Å²) in [4.78, 5) is 33.1. The van der Waals surface area contributed by atoms with Gasteiger partial charge in [-0.1, -0.05) is 48.9 Å². The Morgan fingerprint density at radius 3 is 2.48 bits per heavy atom. The van der Waals surface area contributed by atoms with Crippen LogP contribution in [-0.2, 0) is 0 Å². The summed E-state index contributed by atoms with van der Waals surface area (Å²) in [7, 11) is 0. The van der Waals surface area contributed by atoms with Crippen LogP contribution >= 0.6 is 22.9 Å². The summed E-state index contributed by atoms with van der Waals surface area (Å²) in [5.41, 5.74) is 2.32. The number of anilines is 1. The summed E-state index contributed by atoms with van der Waals surface area (Å²) in [5, 5.41) is 12.5. The van der Waals surface area contributed by atoms with E-state index in [4.69, 9.17) is 16.6 Å². The van der Waals surface area contributed by atoms with Gasteiger partial charge in [0.1, 0.15) is 0 Å². The van der Waals surface area contributed by atoms with Gasteiger partial charge >= 0.3 is 0 Å². The number of rotatable bonds is 8. The van der Waals surface area contributed by atoms with Crippen molar-refractivity contribution in [1.82, 2.24) is 9.88 Å². The lowest BCUT2D eigenvalue weighted by Gasteiger charge is -2.25. The molecule has 0 aliphatic rings. The summed E-state index contributed by atoms with van der Waals surface area (Å²) >= 11 is 7.74. The van der Waals surface area contributed by atoms with E-state index in [1.807, 2.05) is 19.1 Å². The fourth-order valence-corrected chi connectivity index (χ4v) is 4.81. The number of nitro groups is 1. The van der Waals surface area contributed by atoms with Crippen LogP contribution in [0.1, 0.15) is 35.3 Å². The largest absolute Gasteiger partial charge is 0.302 e. The van der Waals surface area contributed by atoms with Gasteiger partial charge in [-0.3, -0.25) is 19.8 Å². The highest BCUT2D eigenvalue weighted by atomic mass is 35.5. The maximum Gasteiger partial charge on any atom is 0.273 e. The molecule has 3 rings (SSSR count). The third kappa shape index (κ3) is 4.71. The van der Waals surface area contributed by atoms with Gasteiger partial charge in [-0.15, -0.1) is 0 Å². The van der Waals surface area contributed by atoms with Gasteiger partial charge in [0, 0.05) is 30.3 Å². The Balaban J connectivity index is 2.08. The molecule has 0 fully saturated rings. The van der Waals surface area contributed by atoms with Gasteiger partial charge in [-0.2, -0.15) is 0 Å². The second kappa shape index (κ2) is 9.72. The highest BCUT2D eigenvalue weighted by Gasteiger charge is 2.26. The zero-order chi connectivity index (χ0) is 22.7. The van der Waals surface area contributed by atoms with Crippen molar-refractivity contribution in [2.75, 3.05) is 31.1 Å². The molecule has 0 N–H and O–H groups in total. The molecule has 0 atom stereocenters. The molecular weight excluding hydrogens is 436 g/mol. The van der Waals surface area contributed by atoms with E-state index in [2.05, 4.69) is 18.7 Å². The van der Waals surface area contributed by atoms with Gasteiger partial charge in [-0.25, -0.2) is 4.98 Å². The minimum Gasteiger partial charge on any atom is -0.302 e. The van der Waals surface area contributed by atoms with Gasteiger partial charge in [0.05, 0.1) is 20.2 Å². The molecule has 0 saturated carbocycles. The van der Waals surface area contributed by atoms with Gasteiger partial charge in [0.15, 0.2) is 5.13 Å². The lowest BCUT2D eigenvalue weighted by Crippen LogP contribution is -2.39. The number of hydrogen-bond acceptors (Lipinski definition) is 6. The molecule has 1 amide bonds. The van der Waals surface area contributed by atoms with Crippen LogP contribution in [0, 0.1) is 24.0 Å². The Hall–Kier alpha value is -2.55. The number of aromatic nitrogens is 1. The second-order valence-electron chi connectivity index (χ2n) is 7.23. The highest BCUT2D eigenvalue weighted by molar-refractivity contribution is 7.23. The normalized spacial score (nSPS) is 11.3. The molecule has 0 unspecified atom stereocenters. The van der Waals surface area contributed by atoms with Crippen LogP contribution in [0.2, 0.25) is 5.02 Å². The predicted octanol–water partition coefficient (Wildman–Crippen LogP) is 5.46. The predicted molar refractivity (Wildman–Crippen MR) is 127 cm³/mol. The number of hydrogen-bond donors (Lipinski definition) is 0.